The minimum Gasteiger partial charge on any atom is -0.462 e. The van der Waals surface area contributed by atoms with Gasteiger partial charge in [0.15, 0.2) is 0 Å². The summed E-state index contributed by atoms with van der Waals surface area (Å²) in [5, 5.41) is 0. The molecule has 0 fully saturated rings. The topological polar surface area (TPSA) is 52.6 Å². The first-order valence-corrected chi connectivity index (χ1v) is 12.6. The largest absolute Gasteiger partial charge is 0.462 e. The summed E-state index contributed by atoms with van der Waals surface area (Å²) in [4.78, 5) is 25.0. The number of ether oxygens (including phenoxy) is 2. The highest BCUT2D eigenvalue weighted by molar-refractivity contribution is 6.03. The minimum atomic E-state index is -0.449. The normalized spacial score (nSPS) is 11.8. The Labute approximate surface area is 190 Å². The monoisotopic (exact) mass is 432 g/mol. The zero-order valence-corrected chi connectivity index (χ0v) is 20.1. The lowest BCUT2D eigenvalue weighted by Crippen LogP contribution is -2.18. The number of hydrogen-bond acceptors (Lipinski definition) is 4. The van der Waals surface area contributed by atoms with Crippen molar-refractivity contribution in [2.24, 2.45) is 0 Å². The third kappa shape index (κ3) is 12.6. The quantitative estimate of drug-likeness (QED) is 0.175. The number of carbonyl (C=O) groups is 2. The van der Waals surface area contributed by atoms with Crippen LogP contribution in [0.25, 0.3) is 0 Å². The first-order chi connectivity index (χ1) is 15.1. The van der Waals surface area contributed by atoms with E-state index >= 15 is 0 Å². The van der Waals surface area contributed by atoms with Gasteiger partial charge in [0, 0.05) is 0 Å². The van der Waals surface area contributed by atoms with Gasteiger partial charge in [-0.15, -0.1) is 0 Å². The molecule has 0 saturated heterocycles. The molecule has 1 atom stereocenters. The fourth-order valence-corrected chi connectivity index (χ4v) is 3.66. The number of hydrogen-bond donors (Lipinski definition) is 0. The van der Waals surface area contributed by atoms with E-state index in [1.54, 1.807) is 24.3 Å². The standard InChI is InChI=1S/C27H44O4/c1-4-6-8-9-10-11-12-13-14-18-22-30-26(28)24-20-16-17-21-25(24)27(29)31-23(3)19-15-7-5-2/h16-17,20-21,23H,4-15,18-19,22H2,1-3H3. The highest BCUT2D eigenvalue weighted by Crippen LogP contribution is 2.16. The van der Waals surface area contributed by atoms with E-state index < -0.39 is 11.9 Å². The molecule has 0 saturated carbocycles. The second-order valence-corrected chi connectivity index (χ2v) is 8.58. The molecule has 31 heavy (non-hydrogen) atoms. The summed E-state index contributed by atoms with van der Waals surface area (Å²) in [6.07, 6.45) is 16.3. The maximum Gasteiger partial charge on any atom is 0.339 e. The van der Waals surface area contributed by atoms with E-state index in [-0.39, 0.29) is 11.7 Å². The Kier molecular flexibility index (Phi) is 15.6. The molecule has 0 bridgehead atoms. The lowest BCUT2D eigenvalue weighted by Gasteiger charge is -2.14. The summed E-state index contributed by atoms with van der Waals surface area (Å²) >= 11 is 0. The summed E-state index contributed by atoms with van der Waals surface area (Å²) in [7, 11) is 0. The first-order valence-electron chi connectivity index (χ1n) is 12.6. The minimum absolute atomic E-state index is 0.158. The van der Waals surface area contributed by atoms with Gasteiger partial charge in [0.05, 0.1) is 23.8 Å². The molecule has 176 valence electrons. The van der Waals surface area contributed by atoms with E-state index in [0.29, 0.717) is 12.2 Å². The van der Waals surface area contributed by atoms with E-state index in [1.807, 2.05) is 6.92 Å². The molecule has 0 heterocycles. The van der Waals surface area contributed by atoms with Gasteiger partial charge < -0.3 is 9.47 Å². The molecule has 0 aliphatic heterocycles. The molecule has 0 aliphatic rings. The van der Waals surface area contributed by atoms with Crippen LogP contribution in [-0.2, 0) is 9.47 Å². The van der Waals surface area contributed by atoms with Crippen LogP contribution in [0.3, 0.4) is 0 Å². The van der Waals surface area contributed by atoms with Crippen LogP contribution in [0.4, 0.5) is 0 Å². The number of esters is 2. The molecule has 0 spiro atoms. The highest BCUT2D eigenvalue weighted by Gasteiger charge is 2.20. The molecule has 0 amide bonds. The molecule has 4 nitrogen and oxygen atoms in total. The van der Waals surface area contributed by atoms with E-state index in [0.717, 1.165) is 38.5 Å². The molecule has 4 heteroatoms. The molecule has 0 N–H and O–H groups in total. The molecular weight excluding hydrogens is 388 g/mol. The van der Waals surface area contributed by atoms with Gasteiger partial charge in [-0.2, -0.15) is 0 Å². The smallest absolute Gasteiger partial charge is 0.339 e. The lowest BCUT2D eigenvalue weighted by atomic mass is 10.1. The Hall–Kier alpha value is -1.84. The maximum atomic E-state index is 12.5. The van der Waals surface area contributed by atoms with E-state index in [9.17, 15) is 9.59 Å². The van der Waals surface area contributed by atoms with Crippen molar-refractivity contribution in [1.82, 2.24) is 0 Å². The number of rotatable bonds is 18. The van der Waals surface area contributed by atoms with Crippen LogP contribution >= 0.6 is 0 Å². The van der Waals surface area contributed by atoms with Crippen LogP contribution in [0.5, 0.6) is 0 Å². The zero-order chi connectivity index (χ0) is 22.7. The van der Waals surface area contributed by atoms with Crippen molar-refractivity contribution in [2.75, 3.05) is 6.61 Å². The van der Waals surface area contributed by atoms with Gasteiger partial charge in [-0.05, 0) is 38.3 Å². The van der Waals surface area contributed by atoms with Crippen molar-refractivity contribution in [2.45, 2.75) is 117 Å². The van der Waals surface area contributed by atoms with Gasteiger partial charge in [-0.1, -0.05) is 96.6 Å². The predicted octanol–water partition coefficient (Wildman–Crippen LogP) is 7.89. The Balaban J connectivity index is 2.30. The van der Waals surface area contributed by atoms with Crippen LogP contribution in [0.15, 0.2) is 24.3 Å². The van der Waals surface area contributed by atoms with Gasteiger partial charge in [-0.25, -0.2) is 9.59 Å². The van der Waals surface area contributed by atoms with Gasteiger partial charge in [0.2, 0.25) is 0 Å². The Morgan fingerprint density at radius 3 is 1.77 bits per heavy atom. The van der Waals surface area contributed by atoms with Crippen molar-refractivity contribution in [3.63, 3.8) is 0 Å². The lowest BCUT2D eigenvalue weighted by molar-refractivity contribution is 0.0307. The van der Waals surface area contributed by atoms with Gasteiger partial charge in [0.1, 0.15) is 0 Å². The number of carbonyl (C=O) groups excluding carboxylic acids is 2. The van der Waals surface area contributed by atoms with Crippen molar-refractivity contribution in [3.05, 3.63) is 35.4 Å². The van der Waals surface area contributed by atoms with Crippen LogP contribution in [0, 0.1) is 0 Å². The Morgan fingerprint density at radius 2 is 1.19 bits per heavy atom. The number of unbranched alkanes of at least 4 members (excludes halogenated alkanes) is 11. The second kappa shape index (κ2) is 17.8. The molecule has 1 unspecified atom stereocenters. The van der Waals surface area contributed by atoms with Crippen LogP contribution in [0.1, 0.15) is 131 Å². The summed E-state index contributed by atoms with van der Waals surface area (Å²) in [6, 6.07) is 6.77. The van der Waals surface area contributed by atoms with Gasteiger partial charge in [0.25, 0.3) is 0 Å². The van der Waals surface area contributed by atoms with Crippen LogP contribution in [-0.4, -0.2) is 24.6 Å². The van der Waals surface area contributed by atoms with E-state index in [2.05, 4.69) is 13.8 Å². The van der Waals surface area contributed by atoms with Crippen molar-refractivity contribution >= 4 is 11.9 Å². The third-order valence-corrected chi connectivity index (χ3v) is 5.62. The maximum absolute atomic E-state index is 12.5. The average molecular weight is 433 g/mol. The molecule has 0 radical (unpaired) electrons. The van der Waals surface area contributed by atoms with Crippen molar-refractivity contribution < 1.29 is 19.1 Å². The van der Waals surface area contributed by atoms with E-state index in [4.69, 9.17) is 9.47 Å². The average Bonchev–Trinajstić information content (AvgIpc) is 2.77. The zero-order valence-electron chi connectivity index (χ0n) is 20.1. The molecule has 0 aliphatic carbocycles. The van der Waals surface area contributed by atoms with Crippen LogP contribution < -0.4 is 0 Å². The first kappa shape index (κ1) is 27.2. The summed E-state index contributed by atoms with van der Waals surface area (Å²) in [6.45, 7) is 6.69. The molecule has 1 rings (SSSR count). The predicted molar refractivity (Wildman–Crippen MR) is 128 cm³/mol. The highest BCUT2D eigenvalue weighted by atomic mass is 16.5. The van der Waals surface area contributed by atoms with Crippen LogP contribution in [0.2, 0.25) is 0 Å². The molecule has 0 aromatic heterocycles. The van der Waals surface area contributed by atoms with Crippen molar-refractivity contribution in [3.8, 4) is 0 Å². The Bertz CT molecular complexity index is 611. The molecule has 1 aromatic carbocycles. The van der Waals surface area contributed by atoms with Crippen molar-refractivity contribution in [1.29, 1.82) is 0 Å². The molecule has 1 aromatic rings. The molecular formula is C27H44O4. The Morgan fingerprint density at radius 1 is 0.710 bits per heavy atom. The fourth-order valence-electron chi connectivity index (χ4n) is 3.66. The third-order valence-electron chi connectivity index (χ3n) is 5.62. The van der Waals surface area contributed by atoms with Gasteiger partial charge >= 0.3 is 11.9 Å². The number of benzene rings is 1. The van der Waals surface area contributed by atoms with E-state index in [1.165, 1.54) is 51.4 Å². The summed E-state index contributed by atoms with van der Waals surface area (Å²) in [5.74, 6) is -0.891. The second-order valence-electron chi connectivity index (χ2n) is 8.58. The summed E-state index contributed by atoms with van der Waals surface area (Å²) < 4.78 is 11.0. The summed E-state index contributed by atoms with van der Waals surface area (Å²) in [5.41, 5.74) is 0.582. The van der Waals surface area contributed by atoms with Gasteiger partial charge in [-0.3, -0.25) is 0 Å². The SMILES string of the molecule is CCCCCCCCCCCCOC(=O)c1ccccc1C(=O)OC(C)CCCCC. The fraction of sp³-hybridized carbons (Fsp3) is 0.704.